The van der Waals surface area contributed by atoms with Crippen molar-refractivity contribution in [3.8, 4) is 41.2 Å². The first-order valence-electron chi connectivity index (χ1n) is 11.1. The molecule has 0 bridgehead atoms. The number of thiazole rings is 1. The van der Waals surface area contributed by atoms with Crippen molar-refractivity contribution in [1.82, 2.24) is 9.97 Å². The Balaban J connectivity index is 0.00000222. The van der Waals surface area contributed by atoms with Gasteiger partial charge >= 0.3 is 0 Å². The molecule has 0 aliphatic heterocycles. The molecular weight excluding hydrogens is 482 g/mol. The number of methoxy groups -OCH3 is 2. The number of nitrogens with zero attached hydrogens (tertiary/aromatic N) is 2. The third-order valence-corrected chi connectivity index (χ3v) is 5.90. The van der Waals surface area contributed by atoms with Crippen LogP contribution < -0.4 is 15.0 Å². The summed E-state index contributed by atoms with van der Waals surface area (Å²) in [5.41, 5.74) is 1.44. The fraction of sp³-hybridized carbons (Fsp3) is 0.346. The monoisotopic (exact) mass is 513 g/mol. The second-order valence-electron chi connectivity index (χ2n) is 7.19. The SMILES string of the molecule is C#C.CCOCc1[nH]c(=O)c(C(=NC)OCCc2csc(C)n2)c(O)c1-c1c(OC)cccc1OC. The van der Waals surface area contributed by atoms with Crippen LogP contribution in [-0.4, -0.2) is 55.5 Å². The molecule has 0 spiro atoms. The molecule has 36 heavy (non-hydrogen) atoms. The molecule has 10 heteroatoms. The summed E-state index contributed by atoms with van der Waals surface area (Å²) in [5, 5.41) is 14.3. The van der Waals surface area contributed by atoms with Gasteiger partial charge in [0, 0.05) is 25.5 Å². The van der Waals surface area contributed by atoms with Gasteiger partial charge in [0.25, 0.3) is 5.56 Å². The highest BCUT2D eigenvalue weighted by Gasteiger charge is 2.27. The van der Waals surface area contributed by atoms with Gasteiger partial charge in [-0.05, 0) is 26.0 Å². The predicted octanol–water partition coefficient (Wildman–Crippen LogP) is 3.95. The lowest BCUT2D eigenvalue weighted by molar-refractivity contribution is 0.131. The number of aromatic nitrogens is 2. The van der Waals surface area contributed by atoms with E-state index in [1.54, 1.807) is 29.5 Å². The molecule has 0 aliphatic rings. The molecule has 1 aromatic carbocycles. The molecule has 0 amide bonds. The van der Waals surface area contributed by atoms with Crippen LogP contribution in [0.1, 0.15) is 28.9 Å². The number of nitrogens with one attached hydrogen (secondary N) is 1. The van der Waals surface area contributed by atoms with Crippen molar-refractivity contribution in [2.45, 2.75) is 26.9 Å². The summed E-state index contributed by atoms with van der Waals surface area (Å²) >= 11 is 1.56. The van der Waals surface area contributed by atoms with Crippen LogP contribution in [0, 0.1) is 19.8 Å². The maximum Gasteiger partial charge on any atom is 0.264 e. The Morgan fingerprint density at radius 2 is 1.86 bits per heavy atom. The molecule has 0 unspecified atom stereocenters. The van der Waals surface area contributed by atoms with Crippen molar-refractivity contribution < 1.29 is 24.1 Å². The lowest BCUT2D eigenvalue weighted by atomic mass is 9.98. The number of pyridine rings is 1. The smallest absolute Gasteiger partial charge is 0.264 e. The van der Waals surface area contributed by atoms with Gasteiger partial charge in [0.05, 0.1) is 55.0 Å². The Labute approximate surface area is 214 Å². The highest BCUT2D eigenvalue weighted by atomic mass is 32.1. The van der Waals surface area contributed by atoms with Gasteiger partial charge in [-0.15, -0.1) is 24.2 Å². The average Bonchev–Trinajstić information content (AvgIpc) is 3.31. The maximum atomic E-state index is 13.0. The third kappa shape index (κ3) is 6.44. The number of H-pyrrole nitrogens is 1. The Kier molecular flexibility index (Phi) is 11.0. The molecular formula is C26H31N3O6S. The highest BCUT2D eigenvalue weighted by molar-refractivity contribution is 7.09. The van der Waals surface area contributed by atoms with Crippen molar-refractivity contribution >= 4 is 17.2 Å². The van der Waals surface area contributed by atoms with Gasteiger partial charge in [-0.2, -0.15) is 0 Å². The van der Waals surface area contributed by atoms with Gasteiger partial charge in [0.1, 0.15) is 22.8 Å². The number of benzene rings is 1. The number of rotatable bonds is 10. The highest BCUT2D eigenvalue weighted by Crippen LogP contribution is 2.44. The van der Waals surface area contributed by atoms with Crippen molar-refractivity contribution in [1.29, 1.82) is 0 Å². The Hall–Kier alpha value is -3.81. The number of aromatic amines is 1. The van der Waals surface area contributed by atoms with Crippen LogP contribution >= 0.6 is 11.3 Å². The van der Waals surface area contributed by atoms with E-state index in [2.05, 4.69) is 27.8 Å². The summed E-state index contributed by atoms with van der Waals surface area (Å²) in [4.78, 5) is 24.4. The van der Waals surface area contributed by atoms with E-state index in [1.807, 2.05) is 19.2 Å². The lowest BCUT2D eigenvalue weighted by Crippen LogP contribution is -2.24. The molecule has 3 aromatic rings. The zero-order valence-corrected chi connectivity index (χ0v) is 21.9. The molecule has 0 atom stereocenters. The number of aliphatic imine (C=N–C) groups is 1. The van der Waals surface area contributed by atoms with E-state index in [4.69, 9.17) is 18.9 Å². The minimum absolute atomic E-state index is 0.0174. The van der Waals surface area contributed by atoms with Gasteiger partial charge < -0.3 is 29.0 Å². The standard InChI is InChI=1S/C24H29N3O6S.C2H2/c1-6-32-12-16-19(20-17(30-4)8-7-9-18(20)31-5)22(28)21(23(29)27-16)24(25-3)33-11-10-15-13-34-14(2)26-15;1-2/h7-9,13H,6,10-12H2,1-5H3,(H2,27,28,29);1-2H. The Morgan fingerprint density at radius 3 is 2.39 bits per heavy atom. The van der Waals surface area contributed by atoms with Crippen molar-refractivity contribution in [2.75, 3.05) is 34.5 Å². The summed E-state index contributed by atoms with van der Waals surface area (Å²) < 4.78 is 22.4. The van der Waals surface area contributed by atoms with E-state index < -0.39 is 5.56 Å². The molecule has 9 nitrogen and oxygen atoms in total. The molecule has 2 heterocycles. The van der Waals surface area contributed by atoms with E-state index >= 15 is 0 Å². The zero-order valence-electron chi connectivity index (χ0n) is 21.1. The second kappa shape index (κ2) is 13.9. The van der Waals surface area contributed by atoms with E-state index in [0.29, 0.717) is 41.3 Å². The first-order valence-corrected chi connectivity index (χ1v) is 11.9. The number of aromatic hydroxyl groups is 1. The maximum absolute atomic E-state index is 13.0. The Bertz CT molecular complexity index is 1240. The number of aryl methyl sites for hydroxylation is 1. The molecule has 0 aliphatic carbocycles. The summed E-state index contributed by atoms with van der Waals surface area (Å²) in [6, 6.07) is 5.26. The molecule has 3 rings (SSSR count). The molecule has 2 aromatic heterocycles. The van der Waals surface area contributed by atoms with Crippen LogP contribution in [0.25, 0.3) is 11.1 Å². The van der Waals surface area contributed by atoms with Crippen molar-refractivity contribution in [3.05, 3.63) is 55.9 Å². The van der Waals surface area contributed by atoms with E-state index in [0.717, 1.165) is 10.7 Å². The largest absolute Gasteiger partial charge is 0.506 e. The average molecular weight is 514 g/mol. The fourth-order valence-corrected chi connectivity index (χ4v) is 4.19. The molecule has 0 saturated carbocycles. The quantitative estimate of drug-likeness (QED) is 0.240. The Morgan fingerprint density at radius 1 is 1.19 bits per heavy atom. The van der Waals surface area contributed by atoms with Gasteiger partial charge in [-0.3, -0.25) is 9.79 Å². The van der Waals surface area contributed by atoms with E-state index in [-0.39, 0.29) is 30.4 Å². The predicted molar refractivity (Wildman–Crippen MR) is 141 cm³/mol. The van der Waals surface area contributed by atoms with E-state index in [9.17, 15) is 9.90 Å². The van der Waals surface area contributed by atoms with Crippen LogP contribution in [-0.2, 0) is 22.5 Å². The third-order valence-electron chi connectivity index (χ3n) is 5.08. The van der Waals surface area contributed by atoms with E-state index in [1.165, 1.54) is 21.3 Å². The van der Waals surface area contributed by atoms with Crippen LogP contribution in [0.4, 0.5) is 0 Å². The molecule has 0 radical (unpaired) electrons. The summed E-state index contributed by atoms with van der Waals surface area (Å²) in [6.45, 7) is 4.51. The van der Waals surface area contributed by atoms with Gasteiger partial charge in [0.2, 0.25) is 5.90 Å². The summed E-state index contributed by atoms with van der Waals surface area (Å²) in [5.74, 6) is 0.635. The van der Waals surface area contributed by atoms with Crippen LogP contribution in [0.2, 0.25) is 0 Å². The minimum Gasteiger partial charge on any atom is -0.506 e. The van der Waals surface area contributed by atoms with Crippen LogP contribution in [0.5, 0.6) is 17.2 Å². The van der Waals surface area contributed by atoms with Gasteiger partial charge in [-0.1, -0.05) is 6.07 Å². The summed E-state index contributed by atoms with van der Waals surface area (Å²) in [6.07, 6.45) is 8.54. The fourth-order valence-electron chi connectivity index (χ4n) is 3.54. The molecule has 192 valence electrons. The first-order chi connectivity index (χ1) is 17.4. The number of hydrogen-bond acceptors (Lipinski definition) is 9. The van der Waals surface area contributed by atoms with Crippen molar-refractivity contribution in [3.63, 3.8) is 0 Å². The molecule has 2 N–H and O–H groups in total. The van der Waals surface area contributed by atoms with Crippen molar-refractivity contribution in [2.24, 2.45) is 4.99 Å². The van der Waals surface area contributed by atoms with Crippen LogP contribution in [0.3, 0.4) is 0 Å². The second-order valence-corrected chi connectivity index (χ2v) is 8.25. The van der Waals surface area contributed by atoms with Gasteiger partial charge in [0.15, 0.2) is 0 Å². The minimum atomic E-state index is -0.546. The van der Waals surface area contributed by atoms with Gasteiger partial charge in [-0.25, -0.2) is 4.98 Å². The normalized spacial score (nSPS) is 10.9. The number of hydrogen-bond donors (Lipinski definition) is 2. The number of ether oxygens (including phenoxy) is 4. The zero-order chi connectivity index (χ0) is 26.7. The summed E-state index contributed by atoms with van der Waals surface area (Å²) in [7, 11) is 4.54. The first kappa shape index (κ1) is 28.4. The lowest BCUT2D eigenvalue weighted by Gasteiger charge is -2.19. The number of terminal acetylenes is 1. The molecule has 0 saturated heterocycles. The van der Waals surface area contributed by atoms with Crippen LogP contribution in [0.15, 0.2) is 33.4 Å². The molecule has 0 fully saturated rings. The topological polar surface area (TPSA) is 115 Å².